The molecule has 7 nitrogen and oxygen atoms in total. The van der Waals surface area contributed by atoms with Gasteiger partial charge in [-0.2, -0.15) is 0 Å². The van der Waals surface area contributed by atoms with E-state index in [2.05, 4.69) is 10.1 Å². The maximum absolute atomic E-state index is 12.2. The molecule has 1 aliphatic rings. The van der Waals surface area contributed by atoms with Crippen LogP contribution in [-0.4, -0.2) is 31.1 Å². The van der Waals surface area contributed by atoms with Crippen LogP contribution in [0.15, 0.2) is 48.5 Å². The van der Waals surface area contributed by atoms with Gasteiger partial charge in [0.15, 0.2) is 17.6 Å². The van der Waals surface area contributed by atoms with E-state index in [4.69, 9.17) is 14.2 Å². The number of alkyl halides is 3. The van der Waals surface area contributed by atoms with Crippen molar-refractivity contribution < 1.29 is 41.7 Å². The lowest BCUT2D eigenvalue weighted by Crippen LogP contribution is -2.29. The van der Waals surface area contributed by atoms with Gasteiger partial charge in [0.25, 0.3) is 5.91 Å². The van der Waals surface area contributed by atoms with E-state index in [1.165, 1.54) is 25.1 Å². The lowest BCUT2D eigenvalue weighted by molar-refractivity contribution is -0.274. The molecule has 0 fully saturated rings. The van der Waals surface area contributed by atoms with Crippen molar-refractivity contribution in [2.24, 2.45) is 0 Å². The number of fused-ring (bicyclic) bond motifs is 1. The second kappa shape index (κ2) is 8.76. The van der Waals surface area contributed by atoms with Gasteiger partial charge < -0.3 is 24.3 Å². The number of halogens is 3. The monoisotopic (exact) mass is 423 g/mol. The minimum Gasteiger partial charge on any atom is -0.454 e. The number of nitrogens with one attached hydrogen (secondary N) is 1. The summed E-state index contributed by atoms with van der Waals surface area (Å²) in [6, 6.07) is 9.73. The van der Waals surface area contributed by atoms with Gasteiger partial charge in [-0.3, -0.25) is 4.79 Å². The molecule has 2 aromatic carbocycles. The van der Waals surface area contributed by atoms with E-state index in [9.17, 15) is 22.8 Å². The van der Waals surface area contributed by atoms with E-state index in [-0.39, 0.29) is 12.5 Å². The first kappa shape index (κ1) is 21.0. The summed E-state index contributed by atoms with van der Waals surface area (Å²) in [4.78, 5) is 24.1. The molecule has 3 rings (SSSR count). The Morgan fingerprint density at radius 3 is 2.50 bits per heavy atom. The van der Waals surface area contributed by atoms with E-state index >= 15 is 0 Å². The van der Waals surface area contributed by atoms with Crippen molar-refractivity contribution >= 4 is 23.6 Å². The van der Waals surface area contributed by atoms with Crippen LogP contribution < -0.4 is 19.5 Å². The van der Waals surface area contributed by atoms with Gasteiger partial charge in [0.1, 0.15) is 5.75 Å². The van der Waals surface area contributed by atoms with Crippen molar-refractivity contribution in [1.82, 2.24) is 0 Å². The number of esters is 1. The minimum atomic E-state index is -4.78. The minimum absolute atomic E-state index is 0.102. The molecule has 0 radical (unpaired) electrons. The number of anilines is 1. The first-order valence-electron chi connectivity index (χ1n) is 8.64. The molecule has 10 heteroatoms. The van der Waals surface area contributed by atoms with Crippen LogP contribution >= 0.6 is 0 Å². The number of carbonyl (C=O) groups is 2. The van der Waals surface area contributed by atoms with Gasteiger partial charge in [0.05, 0.1) is 0 Å². The summed E-state index contributed by atoms with van der Waals surface area (Å²) < 4.78 is 55.6. The van der Waals surface area contributed by atoms with Crippen molar-refractivity contribution in [2.75, 3.05) is 12.1 Å². The van der Waals surface area contributed by atoms with Crippen LogP contribution in [-0.2, 0) is 14.3 Å². The molecule has 1 aliphatic heterocycles. The zero-order chi connectivity index (χ0) is 21.7. The van der Waals surface area contributed by atoms with Crippen molar-refractivity contribution in [2.45, 2.75) is 19.4 Å². The third-order valence-corrected chi connectivity index (χ3v) is 3.83. The summed E-state index contributed by atoms with van der Waals surface area (Å²) >= 11 is 0. The van der Waals surface area contributed by atoms with Gasteiger partial charge >= 0.3 is 12.3 Å². The van der Waals surface area contributed by atoms with Crippen LogP contribution in [0.2, 0.25) is 0 Å². The maximum atomic E-state index is 12.2. The van der Waals surface area contributed by atoms with Crippen molar-refractivity contribution in [3.05, 3.63) is 54.1 Å². The van der Waals surface area contributed by atoms with Crippen LogP contribution in [0, 0.1) is 0 Å². The fourth-order valence-corrected chi connectivity index (χ4v) is 2.43. The largest absolute Gasteiger partial charge is 0.573 e. The van der Waals surface area contributed by atoms with Crippen molar-refractivity contribution in [3.63, 3.8) is 0 Å². The Kier molecular flexibility index (Phi) is 6.14. The van der Waals surface area contributed by atoms with E-state index < -0.39 is 24.3 Å². The molecule has 0 spiro atoms. The Hall–Kier alpha value is -3.69. The highest BCUT2D eigenvalue weighted by Gasteiger charge is 2.30. The number of hydrogen-bond acceptors (Lipinski definition) is 6. The molecule has 0 aromatic heterocycles. The Labute approximate surface area is 169 Å². The predicted molar refractivity (Wildman–Crippen MR) is 98.9 cm³/mol. The van der Waals surface area contributed by atoms with Gasteiger partial charge in [0, 0.05) is 17.8 Å². The summed E-state index contributed by atoms with van der Waals surface area (Å²) in [6.07, 6.45) is -3.47. The number of benzene rings is 2. The van der Waals surface area contributed by atoms with Crippen LogP contribution in [0.1, 0.15) is 12.5 Å². The molecular weight excluding hydrogens is 407 g/mol. The smallest absolute Gasteiger partial charge is 0.454 e. The molecule has 1 atom stereocenters. The van der Waals surface area contributed by atoms with E-state index in [1.807, 2.05) is 0 Å². The van der Waals surface area contributed by atoms with E-state index in [0.29, 0.717) is 22.7 Å². The van der Waals surface area contributed by atoms with Crippen molar-refractivity contribution in [3.8, 4) is 17.2 Å². The summed E-state index contributed by atoms with van der Waals surface area (Å²) in [7, 11) is 0. The van der Waals surface area contributed by atoms with Crippen LogP contribution in [0.25, 0.3) is 6.08 Å². The molecular formula is C20H16F3NO6. The Balaban J connectivity index is 1.50. The quantitative estimate of drug-likeness (QED) is 0.561. The molecule has 158 valence electrons. The molecule has 1 heterocycles. The topological polar surface area (TPSA) is 83.1 Å². The van der Waals surface area contributed by atoms with Gasteiger partial charge in [-0.05, 0) is 42.8 Å². The molecule has 0 aliphatic carbocycles. The predicted octanol–water partition coefficient (Wildman–Crippen LogP) is 3.90. The van der Waals surface area contributed by atoms with Gasteiger partial charge in [-0.25, -0.2) is 4.79 Å². The van der Waals surface area contributed by atoms with Crippen LogP contribution in [0.3, 0.4) is 0 Å². The average Bonchev–Trinajstić information content (AvgIpc) is 3.14. The van der Waals surface area contributed by atoms with E-state index in [1.54, 1.807) is 18.2 Å². The number of rotatable bonds is 6. The SMILES string of the molecule is CC(OC(=O)/C=C/c1ccc(OC(F)(F)F)cc1)C(=O)Nc1ccc2c(c1)OCO2. The second-order valence-corrected chi connectivity index (χ2v) is 6.09. The first-order chi connectivity index (χ1) is 14.2. The zero-order valence-corrected chi connectivity index (χ0v) is 15.6. The molecule has 1 unspecified atom stereocenters. The third kappa shape index (κ3) is 5.90. The normalized spacial score (nSPS) is 13.7. The third-order valence-electron chi connectivity index (χ3n) is 3.83. The van der Waals surface area contributed by atoms with Crippen LogP contribution in [0.5, 0.6) is 17.2 Å². The standard InChI is InChI=1S/C20H16F3NO6/c1-12(19(26)24-14-5-8-16-17(10-14)28-11-27-16)29-18(25)9-4-13-2-6-15(7-3-13)30-20(21,22)23/h2-10,12H,11H2,1H3,(H,24,26)/b9-4+. The molecule has 0 saturated heterocycles. The molecule has 30 heavy (non-hydrogen) atoms. The number of hydrogen-bond donors (Lipinski definition) is 1. The molecule has 0 saturated carbocycles. The van der Waals surface area contributed by atoms with Gasteiger partial charge in [-0.1, -0.05) is 12.1 Å². The highest BCUT2D eigenvalue weighted by Crippen LogP contribution is 2.34. The van der Waals surface area contributed by atoms with Gasteiger partial charge in [0.2, 0.25) is 6.79 Å². The van der Waals surface area contributed by atoms with Gasteiger partial charge in [-0.15, -0.1) is 13.2 Å². The first-order valence-corrected chi connectivity index (χ1v) is 8.64. The summed E-state index contributed by atoms with van der Waals surface area (Å²) in [5.74, 6) is -0.665. The zero-order valence-electron chi connectivity index (χ0n) is 15.6. The number of amides is 1. The summed E-state index contributed by atoms with van der Waals surface area (Å²) in [5, 5.41) is 2.59. The molecule has 2 aromatic rings. The Bertz CT molecular complexity index is 956. The molecule has 1 N–H and O–H groups in total. The maximum Gasteiger partial charge on any atom is 0.573 e. The lowest BCUT2D eigenvalue weighted by atomic mass is 10.2. The fourth-order valence-electron chi connectivity index (χ4n) is 2.43. The number of ether oxygens (including phenoxy) is 4. The summed E-state index contributed by atoms with van der Waals surface area (Å²) in [5.41, 5.74) is 0.891. The highest BCUT2D eigenvalue weighted by atomic mass is 19.4. The lowest BCUT2D eigenvalue weighted by Gasteiger charge is -2.12. The Morgan fingerprint density at radius 1 is 1.10 bits per heavy atom. The summed E-state index contributed by atoms with van der Waals surface area (Å²) in [6.45, 7) is 1.50. The van der Waals surface area contributed by atoms with Crippen molar-refractivity contribution in [1.29, 1.82) is 0 Å². The number of carbonyl (C=O) groups excluding carboxylic acids is 2. The second-order valence-electron chi connectivity index (χ2n) is 6.09. The van der Waals surface area contributed by atoms with E-state index in [0.717, 1.165) is 18.2 Å². The van der Waals surface area contributed by atoms with Crippen LogP contribution in [0.4, 0.5) is 18.9 Å². The Morgan fingerprint density at radius 2 is 1.80 bits per heavy atom. The molecule has 0 bridgehead atoms. The highest BCUT2D eigenvalue weighted by molar-refractivity contribution is 5.96. The average molecular weight is 423 g/mol. The molecule has 1 amide bonds. The fraction of sp³-hybridized carbons (Fsp3) is 0.200.